The molecule has 2 rings (SSSR count). The van der Waals surface area contributed by atoms with E-state index in [1.807, 2.05) is 0 Å². The Kier molecular flexibility index (Phi) is 2.10. The molecule has 0 aromatic heterocycles. The summed E-state index contributed by atoms with van der Waals surface area (Å²) in [5.41, 5.74) is -0.406. The Labute approximate surface area is 77.4 Å². The summed E-state index contributed by atoms with van der Waals surface area (Å²) in [5, 5.41) is 0. The standard InChI is InChI=1S/C10H14O3/c11-7-8-6-9(12)13-10(8)4-2-1-3-5-10/h7-8H,1-6H2. The SMILES string of the molecule is O=CC1CC(=O)OC12CCCCC2. The van der Waals surface area contributed by atoms with Crippen molar-refractivity contribution in [2.45, 2.75) is 44.1 Å². The predicted molar refractivity (Wildman–Crippen MR) is 46.1 cm³/mol. The van der Waals surface area contributed by atoms with E-state index in [0.29, 0.717) is 6.42 Å². The van der Waals surface area contributed by atoms with Gasteiger partial charge in [-0.2, -0.15) is 0 Å². The van der Waals surface area contributed by atoms with Crippen molar-refractivity contribution in [3.8, 4) is 0 Å². The second-order valence-corrected chi connectivity index (χ2v) is 4.05. The molecule has 2 aliphatic rings. The first-order valence-corrected chi connectivity index (χ1v) is 4.94. The van der Waals surface area contributed by atoms with Crippen molar-refractivity contribution < 1.29 is 14.3 Å². The first-order valence-electron chi connectivity index (χ1n) is 4.94. The van der Waals surface area contributed by atoms with Gasteiger partial charge in [-0.1, -0.05) is 6.42 Å². The molecule has 1 atom stereocenters. The van der Waals surface area contributed by atoms with E-state index in [1.165, 1.54) is 6.42 Å². The summed E-state index contributed by atoms with van der Waals surface area (Å²) in [4.78, 5) is 21.9. The number of esters is 1. The fraction of sp³-hybridized carbons (Fsp3) is 0.800. The molecule has 1 saturated carbocycles. The Morgan fingerprint density at radius 2 is 2.00 bits per heavy atom. The lowest BCUT2D eigenvalue weighted by Crippen LogP contribution is -2.38. The minimum absolute atomic E-state index is 0.180. The largest absolute Gasteiger partial charge is 0.458 e. The predicted octanol–water partition coefficient (Wildman–Crippen LogP) is 1.45. The van der Waals surface area contributed by atoms with Gasteiger partial charge in [-0.25, -0.2) is 0 Å². The van der Waals surface area contributed by atoms with Gasteiger partial charge in [0.05, 0.1) is 12.3 Å². The summed E-state index contributed by atoms with van der Waals surface area (Å²) in [5.74, 6) is -0.376. The van der Waals surface area contributed by atoms with Crippen molar-refractivity contribution in [2.75, 3.05) is 0 Å². The summed E-state index contributed by atoms with van der Waals surface area (Å²) >= 11 is 0. The average Bonchev–Trinajstić information content (AvgIpc) is 2.43. The van der Waals surface area contributed by atoms with Gasteiger partial charge in [0, 0.05) is 0 Å². The van der Waals surface area contributed by atoms with Crippen LogP contribution in [0.3, 0.4) is 0 Å². The van der Waals surface area contributed by atoms with Crippen LogP contribution < -0.4 is 0 Å². The Morgan fingerprint density at radius 1 is 1.31 bits per heavy atom. The third-order valence-electron chi connectivity index (χ3n) is 3.24. The highest BCUT2D eigenvalue weighted by atomic mass is 16.6. The summed E-state index contributed by atoms with van der Waals surface area (Å²) in [7, 11) is 0. The number of aldehydes is 1. The number of hydrogen-bond acceptors (Lipinski definition) is 3. The second-order valence-electron chi connectivity index (χ2n) is 4.05. The van der Waals surface area contributed by atoms with Crippen molar-refractivity contribution in [3.05, 3.63) is 0 Å². The number of carbonyl (C=O) groups is 2. The fourth-order valence-corrected chi connectivity index (χ4v) is 2.50. The molecular weight excluding hydrogens is 168 g/mol. The van der Waals surface area contributed by atoms with E-state index in [-0.39, 0.29) is 11.9 Å². The maximum absolute atomic E-state index is 11.1. The van der Waals surface area contributed by atoms with Gasteiger partial charge in [-0.3, -0.25) is 4.79 Å². The minimum atomic E-state index is -0.406. The van der Waals surface area contributed by atoms with E-state index in [2.05, 4.69) is 0 Å². The van der Waals surface area contributed by atoms with Crippen LogP contribution in [-0.2, 0) is 14.3 Å². The maximum atomic E-state index is 11.1. The molecule has 0 bridgehead atoms. The van der Waals surface area contributed by atoms with E-state index in [4.69, 9.17) is 4.74 Å². The third-order valence-corrected chi connectivity index (χ3v) is 3.24. The summed E-state index contributed by atoms with van der Waals surface area (Å²) < 4.78 is 5.32. The molecule has 3 heteroatoms. The van der Waals surface area contributed by atoms with Gasteiger partial charge < -0.3 is 9.53 Å². The van der Waals surface area contributed by atoms with Crippen LogP contribution in [-0.4, -0.2) is 17.9 Å². The molecular formula is C10H14O3. The molecule has 0 N–H and O–H groups in total. The lowest BCUT2D eigenvalue weighted by molar-refractivity contribution is -0.152. The molecule has 1 aliphatic heterocycles. The highest BCUT2D eigenvalue weighted by Gasteiger charge is 2.49. The maximum Gasteiger partial charge on any atom is 0.307 e. The van der Waals surface area contributed by atoms with Crippen molar-refractivity contribution >= 4 is 12.3 Å². The zero-order valence-electron chi connectivity index (χ0n) is 7.62. The molecule has 1 aliphatic carbocycles. The summed E-state index contributed by atoms with van der Waals surface area (Å²) in [6, 6.07) is 0. The van der Waals surface area contributed by atoms with Crippen molar-refractivity contribution in [2.24, 2.45) is 5.92 Å². The Hall–Kier alpha value is -0.860. The van der Waals surface area contributed by atoms with Crippen LogP contribution >= 0.6 is 0 Å². The molecule has 0 aromatic carbocycles. The van der Waals surface area contributed by atoms with Crippen LogP contribution in [0.1, 0.15) is 38.5 Å². The van der Waals surface area contributed by atoms with Gasteiger partial charge in [0.15, 0.2) is 0 Å². The lowest BCUT2D eigenvalue weighted by atomic mass is 9.76. The molecule has 1 saturated heterocycles. The van der Waals surface area contributed by atoms with Crippen molar-refractivity contribution in [3.63, 3.8) is 0 Å². The van der Waals surface area contributed by atoms with Crippen molar-refractivity contribution in [1.29, 1.82) is 0 Å². The summed E-state index contributed by atoms with van der Waals surface area (Å²) in [6.07, 6.45) is 6.31. The fourth-order valence-electron chi connectivity index (χ4n) is 2.50. The van der Waals surface area contributed by atoms with E-state index in [9.17, 15) is 9.59 Å². The Bertz CT molecular complexity index is 228. The molecule has 0 amide bonds. The van der Waals surface area contributed by atoms with Crippen LogP contribution in [0.2, 0.25) is 0 Å². The molecule has 3 nitrogen and oxygen atoms in total. The Morgan fingerprint density at radius 3 is 2.62 bits per heavy atom. The first kappa shape index (κ1) is 8.73. The topological polar surface area (TPSA) is 43.4 Å². The van der Waals surface area contributed by atoms with Crippen LogP contribution in [0.4, 0.5) is 0 Å². The highest BCUT2D eigenvalue weighted by molar-refractivity contribution is 5.78. The minimum Gasteiger partial charge on any atom is -0.458 e. The third kappa shape index (κ3) is 1.36. The van der Waals surface area contributed by atoms with E-state index in [0.717, 1.165) is 32.0 Å². The molecule has 0 aromatic rings. The van der Waals surface area contributed by atoms with Gasteiger partial charge in [-0.15, -0.1) is 0 Å². The molecule has 1 spiro atoms. The first-order chi connectivity index (χ1) is 6.27. The summed E-state index contributed by atoms with van der Waals surface area (Å²) in [6.45, 7) is 0. The highest BCUT2D eigenvalue weighted by Crippen LogP contribution is 2.42. The van der Waals surface area contributed by atoms with Gasteiger partial charge in [0.25, 0.3) is 0 Å². The molecule has 0 radical (unpaired) electrons. The average molecular weight is 182 g/mol. The van der Waals surface area contributed by atoms with Crippen LogP contribution in [0.25, 0.3) is 0 Å². The number of ether oxygens (including phenoxy) is 1. The van der Waals surface area contributed by atoms with Gasteiger partial charge >= 0.3 is 5.97 Å². The zero-order chi connectivity index (χ0) is 9.31. The molecule has 13 heavy (non-hydrogen) atoms. The van der Waals surface area contributed by atoms with Gasteiger partial charge in [0.1, 0.15) is 11.9 Å². The smallest absolute Gasteiger partial charge is 0.307 e. The Balaban J connectivity index is 2.18. The normalized spacial score (nSPS) is 31.7. The van der Waals surface area contributed by atoms with Crippen LogP contribution in [0.5, 0.6) is 0 Å². The monoisotopic (exact) mass is 182 g/mol. The van der Waals surface area contributed by atoms with E-state index in [1.54, 1.807) is 0 Å². The quantitative estimate of drug-likeness (QED) is 0.455. The number of rotatable bonds is 1. The number of hydrogen-bond donors (Lipinski definition) is 0. The van der Waals surface area contributed by atoms with Gasteiger partial charge in [-0.05, 0) is 25.7 Å². The van der Waals surface area contributed by atoms with E-state index < -0.39 is 5.60 Å². The van der Waals surface area contributed by atoms with E-state index >= 15 is 0 Å². The van der Waals surface area contributed by atoms with Crippen LogP contribution in [0.15, 0.2) is 0 Å². The molecule has 2 fully saturated rings. The number of carbonyl (C=O) groups excluding carboxylic acids is 2. The van der Waals surface area contributed by atoms with Gasteiger partial charge in [0.2, 0.25) is 0 Å². The zero-order valence-corrected chi connectivity index (χ0v) is 7.62. The second kappa shape index (κ2) is 3.13. The molecule has 72 valence electrons. The van der Waals surface area contributed by atoms with Crippen LogP contribution in [0, 0.1) is 5.92 Å². The van der Waals surface area contributed by atoms with Crippen molar-refractivity contribution in [1.82, 2.24) is 0 Å². The molecule has 1 unspecified atom stereocenters. The lowest BCUT2D eigenvalue weighted by Gasteiger charge is -2.34. The molecule has 1 heterocycles.